The zero-order valence-electron chi connectivity index (χ0n) is 10.2. The van der Waals surface area contributed by atoms with Gasteiger partial charge in [0.25, 0.3) is 5.91 Å². The lowest BCUT2D eigenvalue weighted by Gasteiger charge is -2.37. The Morgan fingerprint density at radius 3 is 2.88 bits per heavy atom. The first-order chi connectivity index (χ1) is 8.24. The molecule has 0 unspecified atom stereocenters. The van der Waals surface area contributed by atoms with E-state index in [-0.39, 0.29) is 5.91 Å². The van der Waals surface area contributed by atoms with E-state index in [0.29, 0.717) is 24.8 Å². The van der Waals surface area contributed by atoms with Crippen LogP contribution in [-0.2, 0) is 0 Å². The van der Waals surface area contributed by atoms with Gasteiger partial charge in [-0.25, -0.2) is 0 Å². The summed E-state index contributed by atoms with van der Waals surface area (Å²) in [7, 11) is 0. The van der Waals surface area contributed by atoms with Gasteiger partial charge in [-0.1, -0.05) is 6.07 Å². The van der Waals surface area contributed by atoms with E-state index >= 15 is 0 Å². The number of hydrogen-bond acceptors (Lipinski definition) is 3. The number of pyridine rings is 1. The zero-order valence-corrected chi connectivity index (χ0v) is 10.2. The van der Waals surface area contributed by atoms with Crippen molar-refractivity contribution in [2.75, 3.05) is 13.1 Å². The molecule has 1 aromatic rings. The summed E-state index contributed by atoms with van der Waals surface area (Å²) in [6.07, 6.45) is 5.07. The minimum Gasteiger partial charge on any atom is -0.333 e. The first-order valence-corrected chi connectivity index (χ1v) is 6.16. The third-order valence-corrected chi connectivity index (χ3v) is 3.36. The maximum atomic E-state index is 12.4. The van der Waals surface area contributed by atoms with Crippen LogP contribution in [0.4, 0.5) is 0 Å². The summed E-state index contributed by atoms with van der Waals surface area (Å²) in [5, 5.41) is 0. The fraction of sp³-hybridized carbons (Fsp3) is 0.538. The summed E-state index contributed by atoms with van der Waals surface area (Å²) in [6.45, 7) is 3.05. The lowest BCUT2D eigenvalue weighted by molar-refractivity contribution is 0.0582. The van der Waals surface area contributed by atoms with Crippen molar-refractivity contribution in [3.63, 3.8) is 0 Å². The lowest BCUT2D eigenvalue weighted by Crippen LogP contribution is -2.47. The molecule has 0 aliphatic heterocycles. The molecule has 0 saturated heterocycles. The Hall–Kier alpha value is -1.42. The predicted octanol–water partition coefficient (Wildman–Crippen LogP) is 1.34. The van der Waals surface area contributed by atoms with E-state index in [1.807, 2.05) is 24.0 Å². The van der Waals surface area contributed by atoms with Crippen molar-refractivity contribution in [2.24, 2.45) is 5.73 Å². The Labute approximate surface area is 102 Å². The van der Waals surface area contributed by atoms with Crippen LogP contribution in [0.25, 0.3) is 0 Å². The minimum absolute atomic E-state index is 0.0262. The maximum Gasteiger partial charge on any atom is 0.273 e. The molecule has 0 aromatic carbocycles. The zero-order chi connectivity index (χ0) is 12.3. The van der Waals surface area contributed by atoms with Gasteiger partial charge in [0.2, 0.25) is 0 Å². The Kier molecular flexibility index (Phi) is 3.74. The van der Waals surface area contributed by atoms with Crippen molar-refractivity contribution < 1.29 is 4.79 Å². The van der Waals surface area contributed by atoms with E-state index in [9.17, 15) is 4.79 Å². The van der Waals surface area contributed by atoms with E-state index in [0.717, 1.165) is 18.4 Å². The minimum atomic E-state index is 0.0262. The Morgan fingerprint density at radius 2 is 2.35 bits per heavy atom. The first-order valence-electron chi connectivity index (χ1n) is 6.16. The number of nitrogens with two attached hydrogens (primary N) is 1. The molecule has 17 heavy (non-hydrogen) atoms. The molecule has 4 heteroatoms. The summed E-state index contributed by atoms with van der Waals surface area (Å²) < 4.78 is 0. The molecule has 2 N–H and O–H groups in total. The number of carbonyl (C=O) groups is 1. The van der Waals surface area contributed by atoms with Gasteiger partial charge in [-0.2, -0.15) is 0 Å². The highest BCUT2D eigenvalue weighted by molar-refractivity contribution is 5.93. The maximum absolute atomic E-state index is 12.4. The van der Waals surface area contributed by atoms with Crippen molar-refractivity contribution in [3.05, 3.63) is 29.6 Å². The summed E-state index contributed by atoms with van der Waals surface area (Å²) in [5.74, 6) is 0.0262. The molecule has 1 fully saturated rings. The Balaban J connectivity index is 2.18. The molecular formula is C13H19N3O. The molecular weight excluding hydrogens is 214 g/mol. The van der Waals surface area contributed by atoms with Crippen LogP contribution in [0.2, 0.25) is 0 Å². The SMILES string of the molecule is Cc1cccnc1C(=O)N(CCN)C1CCC1. The number of rotatable bonds is 4. The largest absolute Gasteiger partial charge is 0.333 e. The normalized spacial score (nSPS) is 15.4. The first kappa shape index (κ1) is 12.0. The summed E-state index contributed by atoms with van der Waals surface area (Å²) >= 11 is 0. The Bertz CT molecular complexity index is 401. The second kappa shape index (κ2) is 5.27. The third-order valence-electron chi connectivity index (χ3n) is 3.36. The average Bonchev–Trinajstić information content (AvgIpc) is 2.26. The van der Waals surface area contributed by atoms with E-state index in [1.165, 1.54) is 6.42 Å². The van der Waals surface area contributed by atoms with E-state index in [2.05, 4.69) is 4.98 Å². The molecule has 0 spiro atoms. The van der Waals surface area contributed by atoms with Crippen molar-refractivity contribution >= 4 is 5.91 Å². The van der Waals surface area contributed by atoms with Gasteiger partial charge < -0.3 is 10.6 Å². The summed E-state index contributed by atoms with van der Waals surface area (Å²) in [6, 6.07) is 4.14. The molecule has 1 aliphatic rings. The van der Waals surface area contributed by atoms with Crippen LogP contribution in [0.15, 0.2) is 18.3 Å². The van der Waals surface area contributed by atoms with Crippen LogP contribution in [-0.4, -0.2) is 34.9 Å². The molecule has 4 nitrogen and oxygen atoms in total. The number of carbonyl (C=O) groups excluding carboxylic acids is 1. The van der Waals surface area contributed by atoms with Crippen LogP contribution in [0.1, 0.15) is 35.3 Å². The fourth-order valence-electron chi connectivity index (χ4n) is 2.13. The number of aromatic nitrogens is 1. The number of amides is 1. The Morgan fingerprint density at radius 1 is 1.59 bits per heavy atom. The van der Waals surface area contributed by atoms with Crippen molar-refractivity contribution in [3.8, 4) is 0 Å². The smallest absolute Gasteiger partial charge is 0.273 e. The van der Waals surface area contributed by atoms with Crippen LogP contribution >= 0.6 is 0 Å². The highest BCUT2D eigenvalue weighted by Crippen LogP contribution is 2.26. The van der Waals surface area contributed by atoms with Crippen LogP contribution in [0.5, 0.6) is 0 Å². The topological polar surface area (TPSA) is 59.2 Å². The molecule has 1 aromatic heterocycles. The number of hydrogen-bond donors (Lipinski definition) is 1. The number of aryl methyl sites for hydroxylation is 1. The van der Waals surface area contributed by atoms with Crippen LogP contribution < -0.4 is 5.73 Å². The van der Waals surface area contributed by atoms with E-state index in [1.54, 1.807) is 6.20 Å². The quantitative estimate of drug-likeness (QED) is 0.853. The lowest BCUT2D eigenvalue weighted by atomic mass is 9.91. The highest BCUT2D eigenvalue weighted by atomic mass is 16.2. The molecule has 0 atom stereocenters. The molecule has 1 amide bonds. The third kappa shape index (κ3) is 2.47. The van der Waals surface area contributed by atoms with Gasteiger partial charge in [-0.15, -0.1) is 0 Å². The molecule has 0 radical (unpaired) electrons. The van der Waals surface area contributed by atoms with Crippen LogP contribution in [0.3, 0.4) is 0 Å². The van der Waals surface area contributed by atoms with Crippen molar-refractivity contribution in [1.82, 2.24) is 9.88 Å². The van der Waals surface area contributed by atoms with Gasteiger partial charge in [-0.3, -0.25) is 9.78 Å². The molecule has 92 valence electrons. The fourth-order valence-corrected chi connectivity index (χ4v) is 2.13. The molecule has 2 rings (SSSR count). The van der Waals surface area contributed by atoms with Gasteiger partial charge in [0.1, 0.15) is 5.69 Å². The average molecular weight is 233 g/mol. The standard InChI is InChI=1S/C13H19N3O/c1-10-4-3-8-15-12(10)13(17)16(9-7-14)11-5-2-6-11/h3-4,8,11H,2,5-7,9,14H2,1H3. The summed E-state index contributed by atoms with van der Waals surface area (Å²) in [4.78, 5) is 18.5. The number of nitrogens with zero attached hydrogens (tertiary/aromatic N) is 2. The van der Waals surface area contributed by atoms with E-state index < -0.39 is 0 Å². The molecule has 0 bridgehead atoms. The molecule has 1 aliphatic carbocycles. The van der Waals surface area contributed by atoms with Crippen LogP contribution in [0, 0.1) is 6.92 Å². The predicted molar refractivity (Wildman–Crippen MR) is 66.7 cm³/mol. The van der Waals surface area contributed by atoms with Gasteiger partial charge >= 0.3 is 0 Å². The van der Waals surface area contributed by atoms with Gasteiger partial charge in [0.05, 0.1) is 0 Å². The van der Waals surface area contributed by atoms with Gasteiger partial charge in [0, 0.05) is 25.3 Å². The van der Waals surface area contributed by atoms with Crippen molar-refractivity contribution in [1.29, 1.82) is 0 Å². The molecule has 1 saturated carbocycles. The van der Waals surface area contributed by atoms with E-state index in [4.69, 9.17) is 5.73 Å². The summed E-state index contributed by atoms with van der Waals surface area (Å²) in [5.41, 5.74) is 7.08. The second-order valence-electron chi connectivity index (χ2n) is 4.54. The van der Waals surface area contributed by atoms with Gasteiger partial charge in [-0.05, 0) is 37.8 Å². The molecule has 1 heterocycles. The van der Waals surface area contributed by atoms with Gasteiger partial charge in [0.15, 0.2) is 0 Å². The van der Waals surface area contributed by atoms with Crippen molar-refractivity contribution in [2.45, 2.75) is 32.2 Å². The monoisotopic (exact) mass is 233 g/mol. The highest BCUT2D eigenvalue weighted by Gasteiger charge is 2.29. The second-order valence-corrected chi connectivity index (χ2v) is 4.54.